The van der Waals surface area contributed by atoms with Gasteiger partial charge in [0.2, 0.25) is 10.0 Å². The molecule has 10 heteroatoms. The molecule has 0 N–H and O–H groups in total. The maximum absolute atomic E-state index is 13.5. The van der Waals surface area contributed by atoms with Gasteiger partial charge < -0.3 is 0 Å². The van der Waals surface area contributed by atoms with E-state index < -0.39 is 38.5 Å². The second-order valence-corrected chi connectivity index (χ2v) is 7.04. The lowest BCUT2D eigenvalue weighted by Gasteiger charge is -2.29. The Morgan fingerprint density at radius 3 is 2.32 bits per heavy atom. The van der Waals surface area contributed by atoms with E-state index in [1.165, 1.54) is 0 Å². The number of aromatic nitrogens is 1. The van der Waals surface area contributed by atoms with Gasteiger partial charge in [-0.15, -0.1) is 0 Å². The minimum Gasteiger partial charge on any atom is -0.262 e. The first-order valence-corrected chi connectivity index (χ1v) is 8.16. The number of pyridine rings is 1. The Bertz CT molecular complexity index is 906. The molecule has 25 heavy (non-hydrogen) atoms. The van der Waals surface area contributed by atoms with Crippen LogP contribution in [0.15, 0.2) is 47.6 Å². The van der Waals surface area contributed by atoms with Crippen LogP contribution in [0.3, 0.4) is 0 Å². The highest BCUT2D eigenvalue weighted by Crippen LogP contribution is 2.39. The number of halogens is 4. The standard InChI is InChI=1S/C15H11F4N3O2S/c1-22(25(23,24)13-6-10(7-20)8-21-9-13)14(15(17,18)19)11-2-4-12(16)5-3-11/h2-6,8-9,14H,1H3. The highest BCUT2D eigenvalue weighted by Gasteiger charge is 2.47. The van der Waals surface area contributed by atoms with E-state index >= 15 is 0 Å². The van der Waals surface area contributed by atoms with Crippen LogP contribution in [0, 0.1) is 17.1 Å². The number of hydrogen-bond donors (Lipinski definition) is 0. The van der Waals surface area contributed by atoms with Crippen molar-refractivity contribution >= 4 is 10.0 Å². The highest BCUT2D eigenvalue weighted by atomic mass is 32.2. The number of alkyl halides is 3. The third kappa shape index (κ3) is 3.94. The van der Waals surface area contributed by atoms with E-state index in [1.807, 2.05) is 0 Å². The molecule has 0 fully saturated rings. The first-order valence-electron chi connectivity index (χ1n) is 6.72. The van der Waals surface area contributed by atoms with Crippen LogP contribution in [-0.2, 0) is 10.0 Å². The van der Waals surface area contributed by atoms with Crippen molar-refractivity contribution in [2.75, 3.05) is 7.05 Å². The third-order valence-electron chi connectivity index (χ3n) is 3.38. The van der Waals surface area contributed by atoms with Crippen molar-refractivity contribution < 1.29 is 26.0 Å². The quantitative estimate of drug-likeness (QED) is 0.773. The molecule has 0 amide bonds. The molecule has 0 saturated heterocycles. The van der Waals surface area contributed by atoms with Gasteiger partial charge in [-0.3, -0.25) is 4.98 Å². The molecule has 1 aromatic heterocycles. The topological polar surface area (TPSA) is 74.1 Å². The maximum Gasteiger partial charge on any atom is 0.409 e. The predicted octanol–water partition coefficient (Wildman–Crippen LogP) is 3.02. The number of nitriles is 1. The van der Waals surface area contributed by atoms with E-state index in [1.54, 1.807) is 6.07 Å². The fourth-order valence-corrected chi connectivity index (χ4v) is 3.50. The summed E-state index contributed by atoms with van der Waals surface area (Å²) >= 11 is 0. The molecular formula is C15H11F4N3O2S. The SMILES string of the molecule is CN(C(c1ccc(F)cc1)C(F)(F)F)S(=O)(=O)c1cncc(C#N)c1. The molecule has 2 rings (SSSR count). The summed E-state index contributed by atoms with van der Waals surface area (Å²) in [4.78, 5) is 3.00. The van der Waals surface area contributed by atoms with Gasteiger partial charge in [-0.05, 0) is 23.8 Å². The third-order valence-corrected chi connectivity index (χ3v) is 5.17. The Kier molecular flexibility index (Phi) is 5.10. The summed E-state index contributed by atoms with van der Waals surface area (Å²) in [6.07, 6.45) is -3.01. The number of sulfonamides is 1. The molecule has 0 aliphatic carbocycles. The van der Waals surface area contributed by atoms with Gasteiger partial charge in [0.05, 0.1) is 5.56 Å². The van der Waals surface area contributed by atoms with Crippen molar-refractivity contribution in [2.24, 2.45) is 0 Å². The number of rotatable bonds is 4. The minimum atomic E-state index is -4.94. The fourth-order valence-electron chi connectivity index (χ4n) is 2.18. The monoisotopic (exact) mass is 373 g/mol. The molecule has 0 saturated carbocycles. The molecular weight excluding hydrogens is 362 g/mol. The van der Waals surface area contributed by atoms with E-state index in [2.05, 4.69) is 4.98 Å². The number of nitrogens with zero attached hydrogens (tertiary/aromatic N) is 3. The molecule has 132 valence electrons. The van der Waals surface area contributed by atoms with Crippen LogP contribution in [0.25, 0.3) is 0 Å². The smallest absolute Gasteiger partial charge is 0.262 e. The molecule has 1 atom stereocenters. The largest absolute Gasteiger partial charge is 0.409 e. The molecule has 0 spiro atoms. The molecule has 2 aromatic rings. The average molecular weight is 373 g/mol. The van der Waals surface area contributed by atoms with Crippen LogP contribution in [-0.4, -0.2) is 30.9 Å². The average Bonchev–Trinajstić information content (AvgIpc) is 2.55. The lowest BCUT2D eigenvalue weighted by atomic mass is 10.1. The fraction of sp³-hybridized carbons (Fsp3) is 0.200. The Hall–Kier alpha value is -2.51. The van der Waals surface area contributed by atoms with Crippen LogP contribution in [0.5, 0.6) is 0 Å². The summed E-state index contributed by atoms with van der Waals surface area (Å²) in [7, 11) is -3.85. The van der Waals surface area contributed by atoms with Crippen molar-refractivity contribution in [3.63, 3.8) is 0 Å². The van der Waals surface area contributed by atoms with E-state index in [-0.39, 0.29) is 9.87 Å². The van der Waals surface area contributed by atoms with Crippen molar-refractivity contribution in [1.82, 2.24) is 9.29 Å². The summed E-state index contributed by atoms with van der Waals surface area (Å²) in [5.41, 5.74) is -0.552. The van der Waals surface area contributed by atoms with Gasteiger partial charge in [0.1, 0.15) is 22.8 Å². The summed E-state index contributed by atoms with van der Waals surface area (Å²) in [5, 5.41) is 8.79. The predicted molar refractivity (Wildman–Crippen MR) is 79.1 cm³/mol. The molecule has 1 unspecified atom stereocenters. The zero-order valence-corrected chi connectivity index (χ0v) is 13.5. The van der Waals surface area contributed by atoms with Crippen LogP contribution >= 0.6 is 0 Å². The van der Waals surface area contributed by atoms with Crippen molar-refractivity contribution in [3.8, 4) is 6.07 Å². The van der Waals surface area contributed by atoms with Gasteiger partial charge >= 0.3 is 6.18 Å². The van der Waals surface area contributed by atoms with Crippen LogP contribution in [0.2, 0.25) is 0 Å². The molecule has 1 heterocycles. The van der Waals surface area contributed by atoms with Crippen LogP contribution in [0.4, 0.5) is 17.6 Å². The molecule has 0 aliphatic heterocycles. The zero-order chi connectivity index (χ0) is 18.8. The summed E-state index contributed by atoms with van der Waals surface area (Å²) in [6, 6.07) is 3.42. The van der Waals surface area contributed by atoms with Gasteiger partial charge in [0.15, 0.2) is 0 Å². The lowest BCUT2D eigenvalue weighted by molar-refractivity contribution is -0.171. The van der Waals surface area contributed by atoms with Crippen LogP contribution < -0.4 is 0 Å². The summed E-state index contributed by atoms with van der Waals surface area (Å²) < 4.78 is 78.6. The van der Waals surface area contributed by atoms with E-state index in [9.17, 15) is 26.0 Å². The van der Waals surface area contributed by atoms with Gasteiger partial charge in [0, 0.05) is 19.4 Å². The second kappa shape index (κ2) is 6.78. The van der Waals surface area contributed by atoms with E-state index in [0.717, 1.165) is 49.8 Å². The molecule has 0 radical (unpaired) electrons. The second-order valence-electron chi connectivity index (χ2n) is 5.04. The van der Waals surface area contributed by atoms with Gasteiger partial charge in [-0.25, -0.2) is 12.8 Å². The summed E-state index contributed by atoms with van der Waals surface area (Å²) in [5.74, 6) is -0.749. The summed E-state index contributed by atoms with van der Waals surface area (Å²) in [6.45, 7) is 0. The molecule has 1 aromatic carbocycles. The maximum atomic E-state index is 13.5. The first kappa shape index (κ1) is 18.8. The Labute approximate surface area is 141 Å². The van der Waals surface area contributed by atoms with Crippen molar-refractivity contribution in [1.29, 1.82) is 5.26 Å². The highest BCUT2D eigenvalue weighted by molar-refractivity contribution is 7.89. The van der Waals surface area contributed by atoms with E-state index in [4.69, 9.17) is 5.26 Å². The van der Waals surface area contributed by atoms with Gasteiger partial charge in [-0.1, -0.05) is 12.1 Å². The van der Waals surface area contributed by atoms with Crippen molar-refractivity contribution in [3.05, 3.63) is 59.7 Å². The molecule has 5 nitrogen and oxygen atoms in total. The lowest BCUT2D eigenvalue weighted by Crippen LogP contribution is -2.39. The number of hydrogen-bond acceptors (Lipinski definition) is 4. The van der Waals surface area contributed by atoms with Crippen molar-refractivity contribution in [2.45, 2.75) is 17.1 Å². The first-order chi connectivity index (χ1) is 11.6. The molecule has 0 bridgehead atoms. The van der Waals surface area contributed by atoms with E-state index in [0.29, 0.717) is 0 Å². The Balaban J connectivity index is 2.53. The normalized spacial score (nSPS) is 13.5. The molecule has 0 aliphatic rings. The Morgan fingerprint density at radius 1 is 1.20 bits per heavy atom. The minimum absolute atomic E-state index is 0.111. The van der Waals surface area contributed by atoms with Gasteiger partial charge in [0.25, 0.3) is 0 Å². The van der Waals surface area contributed by atoms with Gasteiger partial charge in [-0.2, -0.15) is 22.7 Å². The zero-order valence-electron chi connectivity index (χ0n) is 12.7. The van der Waals surface area contributed by atoms with Crippen LogP contribution in [0.1, 0.15) is 17.2 Å². The number of benzene rings is 1. The Morgan fingerprint density at radius 2 is 1.80 bits per heavy atom.